The molecular formula is C24H31F6N3O6S. The van der Waals surface area contributed by atoms with Crippen LogP contribution in [0, 0.1) is 0 Å². The Morgan fingerprint density at radius 1 is 1.00 bits per heavy atom. The van der Waals surface area contributed by atoms with Crippen LogP contribution in [0.15, 0.2) is 23.6 Å². The highest BCUT2D eigenvalue weighted by Crippen LogP contribution is 2.41. The number of hydrogen-bond acceptors (Lipinski definition) is 7. The van der Waals surface area contributed by atoms with Crippen LogP contribution in [0.5, 0.6) is 0 Å². The first-order chi connectivity index (χ1) is 18.5. The molecule has 0 aromatic carbocycles. The minimum atomic E-state index is -5.08. The predicted octanol–water partition coefficient (Wildman–Crippen LogP) is 3.43. The smallest absolute Gasteiger partial charge is 0.475 e. The summed E-state index contributed by atoms with van der Waals surface area (Å²) < 4.78 is 69.8. The fraction of sp³-hybridized carbons (Fsp3) is 0.625. The Hall–Kier alpha value is -2.69. The number of aliphatic carboxylic acids is 2. The Morgan fingerprint density at radius 3 is 1.93 bits per heavy atom. The van der Waals surface area contributed by atoms with E-state index in [1.54, 1.807) is 17.4 Å². The number of piperazine rings is 1. The van der Waals surface area contributed by atoms with Gasteiger partial charge in [0.15, 0.2) is 0 Å². The highest BCUT2D eigenvalue weighted by molar-refractivity contribution is 7.10. The molecule has 4 heterocycles. The Balaban J connectivity index is 0.000000333. The van der Waals surface area contributed by atoms with E-state index in [0.29, 0.717) is 6.10 Å². The van der Waals surface area contributed by atoms with Gasteiger partial charge in [-0.05, 0) is 37.4 Å². The van der Waals surface area contributed by atoms with Crippen molar-refractivity contribution in [3.8, 4) is 0 Å². The van der Waals surface area contributed by atoms with Gasteiger partial charge in [-0.2, -0.15) is 26.3 Å². The summed E-state index contributed by atoms with van der Waals surface area (Å²) in [5.74, 6) is -5.39. The molecule has 0 radical (unpaired) electrons. The van der Waals surface area contributed by atoms with Gasteiger partial charge in [0.1, 0.15) is 0 Å². The molecule has 0 aliphatic carbocycles. The van der Waals surface area contributed by atoms with Gasteiger partial charge in [0.25, 0.3) is 0 Å². The summed E-state index contributed by atoms with van der Waals surface area (Å²) in [6.07, 6.45) is -3.04. The van der Waals surface area contributed by atoms with Crippen molar-refractivity contribution in [1.29, 1.82) is 0 Å². The maximum Gasteiger partial charge on any atom is 0.490 e. The van der Waals surface area contributed by atoms with E-state index in [2.05, 4.69) is 16.8 Å². The van der Waals surface area contributed by atoms with Crippen LogP contribution in [0.2, 0.25) is 0 Å². The summed E-state index contributed by atoms with van der Waals surface area (Å²) in [6, 6.07) is 4.04. The van der Waals surface area contributed by atoms with E-state index in [1.807, 2.05) is 28.5 Å². The summed E-state index contributed by atoms with van der Waals surface area (Å²) in [7, 11) is 2.19. The average Bonchev–Trinajstić information content (AvgIpc) is 3.37. The standard InChI is InChI=1S/C20H29N3O2S.2C2HF3O2/c1-21-10-12-22(13-11-21)16-17-15-20(25-17)6-8-23(9-7-20)19(24)5-4-18-3-2-14-26-18;2*3-2(4,5)1(6)7/h2-5,14,17H,6-13,15-16H2,1H3;2*(H,6,7)/b5-4+;;. The largest absolute Gasteiger partial charge is 0.490 e. The van der Waals surface area contributed by atoms with Crippen molar-refractivity contribution in [2.75, 3.05) is 52.9 Å². The van der Waals surface area contributed by atoms with Crippen LogP contribution in [-0.4, -0.2) is 120 Å². The highest BCUT2D eigenvalue weighted by atomic mass is 32.1. The number of likely N-dealkylation sites (tertiary alicyclic amines) is 1. The number of carbonyl (C=O) groups excluding carboxylic acids is 1. The topological polar surface area (TPSA) is 111 Å². The summed E-state index contributed by atoms with van der Waals surface area (Å²) in [6.45, 7) is 7.33. The van der Waals surface area contributed by atoms with Gasteiger partial charge in [0.2, 0.25) is 5.91 Å². The molecule has 1 aromatic heterocycles. The second-order valence-corrected chi connectivity index (χ2v) is 10.5. The number of ether oxygens (including phenoxy) is 1. The number of amides is 1. The number of rotatable bonds is 4. The molecule has 0 saturated carbocycles. The van der Waals surface area contributed by atoms with Crippen molar-refractivity contribution in [3.63, 3.8) is 0 Å². The molecule has 16 heteroatoms. The second kappa shape index (κ2) is 14.3. The lowest BCUT2D eigenvalue weighted by atomic mass is 9.80. The third kappa shape index (κ3) is 11.1. The molecule has 1 amide bonds. The van der Waals surface area contributed by atoms with E-state index in [-0.39, 0.29) is 11.5 Å². The Morgan fingerprint density at radius 2 is 1.50 bits per heavy atom. The van der Waals surface area contributed by atoms with E-state index in [0.717, 1.165) is 70.0 Å². The Bertz CT molecular complexity index is 970. The molecule has 2 N–H and O–H groups in total. The molecular weight excluding hydrogens is 572 g/mol. The van der Waals surface area contributed by atoms with E-state index < -0.39 is 24.3 Å². The summed E-state index contributed by atoms with van der Waals surface area (Å²) in [4.78, 5) is 38.2. The van der Waals surface area contributed by atoms with Crippen LogP contribution < -0.4 is 0 Å². The third-order valence-electron chi connectivity index (χ3n) is 6.48. The normalized spacial score (nSPS) is 21.6. The Kier molecular flexibility index (Phi) is 12.0. The number of carbonyl (C=O) groups is 3. The van der Waals surface area contributed by atoms with Crippen LogP contribution in [-0.2, 0) is 19.1 Å². The molecule has 3 fully saturated rings. The number of alkyl halides is 6. The summed E-state index contributed by atoms with van der Waals surface area (Å²) in [5.41, 5.74) is 0.0471. The lowest BCUT2D eigenvalue weighted by Gasteiger charge is -2.53. The third-order valence-corrected chi connectivity index (χ3v) is 7.32. The molecule has 1 aromatic rings. The molecule has 1 atom stereocenters. The molecule has 1 spiro atoms. The lowest BCUT2D eigenvalue weighted by molar-refractivity contribution is -0.229. The van der Waals surface area contributed by atoms with Crippen LogP contribution in [0.3, 0.4) is 0 Å². The van der Waals surface area contributed by atoms with E-state index in [1.165, 1.54) is 0 Å². The van der Waals surface area contributed by atoms with Gasteiger partial charge >= 0.3 is 24.3 Å². The second-order valence-electron chi connectivity index (χ2n) is 9.51. The van der Waals surface area contributed by atoms with Gasteiger partial charge in [-0.25, -0.2) is 9.59 Å². The van der Waals surface area contributed by atoms with Crippen molar-refractivity contribution in [1.82, 2.24) is 14.7 Å². The number of likely N-dealkylation sites (N-methyl/N-ethyl adjacent to an activating group) is 1. The molecule has 0 bridgehead atoms. The summed E-state index contributed by atoms with van der Waals surface area (Å²) in [5, 5.41) is 16.3. The molecule has 3 aliphatic heterocycles. The number of hydrogen-bond donors (Lipinski definition) is 2. The number of carboxylic acids is 2. The van der Waals surface area contributed by atoms with Gasteiger partial charge in [0.05, 0.1) is 11.7 Å². The number of halogens is 6. The maximum absolute atomic E-state index is 12.4. The maximum atomic E-state index is 12.4. The predicted molar refractivity (Wildman–Crippen MR) is 133 cm³/mol. The first-order valence-electron chi connectivity index (χ1n) is 12.2. The zero-order valence-corrected chi connectivity index (χ0v) is 22.4. The molecule has 3 saturated heterocycles. The minimum Gasteiger partial charge on any atom is -0.475 e. The van der Waals surface area contributed by atoms with Gasteiger partial charge in [0, 0.05) is 63.2 Å². The molecule has 1 unspecified atom stereocenters. The monoisotopic (exact) mass is 603 g/mol. The molecule has 3 aliphatic rings. The van der Waals surface area contributed by atoms with Gasteiger partial charge in [-0.15, -0.1) is 11.3 Å². The number of carboxylic acid groups (broad SMARTS) is 2. The van der Waals surface area contributed by atoms with Crippen LogP contribution in [0.4, 0.5) is 26.3 Å². The van der Waals surface area contributed by atoms with Crippen molar-refractivity contribution in [2.24, 2.45) is 0 Å². The molecule has 40 heavy (non-hydrogen) atoms. The summed E-state index contributed by atoms with van der Waals surface area (Å²) >= 11 is 1.65. The molecule has 9 nitrogen and oxygen atoms in total. The van der Waals surface area contributed by atoms with E-state index in [4.69, 9.17) is 24.5 Å². The van der Waals surface area contributed by atoms with E-state index >= 15 is 0 Å². The number of nitrogens with zero attached hydrogens (tertiary/aromatic N) is 3. The fourth-order valence-corrected chi connectivity index (χ4v) is 4.90. The zero-order valence-electron chi connectivity index (χ0n) is 21.6. The average molecular weight is 604 g/mol. The first-order valence-corrected chi connectivity index (χ1v) is 13.1. The van der Waals surface area contributed by atoms with Crippen molar-refractivity contribution < 1.29 is 55.7 Å². The molecule has 226 valence electrons. The quantitative estimate of drug-likeness (QED) is 0.398. The lowest BCUT2D eigenvalue weighted by Crippen LogP contribution is -2.60. The number of piperidine rings is 1. The van der Waals surface area contributed by atoms with Crippen molar-refractivity contribution in [2.45, 2.75) is 43.3 Å². The fourth-order valence-electron chi connectivity index (χ4n) is 4.28. The van der Waals surface area contributed by atoms with Gasteiger partial charge in [-0.3, -0.25) is 9.69 Å². The van der Waals surface area contributed by atoms with Crippen LogP contribution >= 0.6 is 11.3 Å². The van der Waals surface area contributed by atoms with Crippen molar-refractivity contribution in [3.05, 3.63) is 28.5 Å². The highest BCUT2D eigenvalue weighted by Gasteiger charge is 2.48. The zero-order chi connectivity index (χ0) is 30.1. The first kappa shape index (κ1) is 33.5. The van der Waals surface area contributed by atoms with Crippen LogP contribution in [0.1, 0.15) is 24.1 Å². The van der Waals surface area contributed by atoms with E-state index in [9.17, 15) is 31.1 Å². The van der Waals surface area contributed by atoms with Gasteiger partial charge < -0.3 is 24.7 Å². The van der Waals surface area contributed by atoms with Crippen LogP contribution in [0.25, 0.3) is 6.08 Å². The number of thiophene rings is 1. The Labute approximate surface area is 230 Å². The minimum absolute atomic E-state index is 0.0471. The van der Waals surface area contributed by atoms with Crippen molar-refractivity contribution >= 4 is 35.3 Å². The SMILES string of the molecule is CN1CCN(CC2CC3(CCN(C(=O)/C=C/c4cccs4)CC3)O2)CC1.O=C(O)C(F)(F)F.O=C(O)C(F)(F)F. The molecule has 4 rings (SSSR count). The van der Waals surface area contributed by atoms with Gasteiger partial charge in [-0.1, -0.05) is 6.07 Å².